The first-order valence-electron chi connectivity index (χ1n) is 6.38. The van der Waals surface area contributed by atoms with Crippen LogP contribution in [0.4, 0.5) is 4.39 Å². The maximum Gasteiger partial charge on any atom is 0.226 e. The number of rotatable bonds is 3. The lowest BCUT2D eigenvalue weighted by molar-refractivity contribution is -0.134. The van der Waals surface area contributed by atoms with Gasteiger partial charge in [0.15, 0.2) is 0 Å². The predicted molar refractivity (Wildman–Crippen MR) is 68.6 cm³/mol. The number of likely N-dealkylation sites (tertiary alicyclic amines) is 1. The molecule has 1 aromatic rings. The van der Waals surface area contributed by atoms with Gasteiger partial charge in [0.1, 0.15) is 5.82 Å². The van der Waals surface area contributed by atoms with Gasteiger partial charge in [-0.2, -0.15) is 0 Å². The third-order valence-electron chi connectivity index (χ3n) is 3.52. The largest absolute Gasteiger partial charge is 0.369 e. The normalized spacial score (nSPS) is 16.4. The van der Waals surface area contributed by atoms with Crippen molar-refractivity contribution in [2.75, 3.05) is 13.1 Å². The van der Waals surface area contributed by atoms with E-state index in [0.29, 0.717) is 25.9 Å². The summed E-state index contributed by atoms with van der Waals surface area (Å²) in [5.41, 5.74) is 6.04. The van der Waals surface area contributed by atoms with E-state index in [0.717, 1.165) is 5.56 Å². The molecule has 0 unspecified atom stereocenters. The third-order valence-corrected chi connectivity index (χ3v) is 3.52. The lowest BCUT2D eigenvalue weighted by Gasteiger charge is -2.30. The topological polar surface area (TPSA) is 63.4 Å². The van der Waals surface area contributed by atoms with Crippen molar-refractivity contribution < 1.29 is 14.0 Å². The summed E-state index contributed by atoms with van der Waals surface area (Å²) >= 11 is 0. The van der Waals surface area contributed by atoms with Crippen LogP contribution in [0.5, 0.6) is 0 Å². The number of primary amides is 1. The molecule has 102 valence electrons. The van der Waals surface area contributed by atoms with Crippen LogP contribution in [-0.4, -0.2) is 29.8 Å². The van der Waals surface area contributed by atoms with E-state index < -0.39 is 0 Å². The molecule has 1 heterocycles. The molecule has 2 rings (SSSR count). The van der Waals surface area contributed by atoms with Gasteiger partial charge in [0.05, 0.1) is 6.42 Å². The molecule has 19 heavy (non-hydrogen) atoms. The maximum atomic E-state index is 12.8. The SMILES string of the molecule is NC(=O)C1CCN(C(=O)Cc2ccc(F)cc2)CC1. The Hall–Kier alpha value is -1.91. The van der Waals surface area contributed by atoms with Crippen molar-refractivity contribution in [1.82, 2.24) is 4.90 Å². The molecule has 1 aromatic carbocycles. The van der Waals surface area contributed by atoms with Crippen molar-refractivity contribution in [3.05, 3.63) is 35.6 Å². The molecule has 2 N–H and O–H groups in total. The fourth-order valence-corrected chi connectivity index (χ4v) is 2.30. The Kier molecular flexibility index (Phi) is 4.14. The van der Waals surface area contributed by atoms with Crippen LogP contribution in [0.2, 0.25) is 0 Å². The summed E-state index contributed by atoms with van der Waals surface area (Å²) in [5.74, 6) is -0.700. The molecule has 5 heteroatoms. The van der Waals surface area contributed by atoms with E-state index in [4.69, 9.17) is 5.73 Å². The van der Waals surface area contributed by atoms with Gasteiger partial charge in [0, 0.05) is 19.0 Å². The van der Waals surface area contributed by atoms with E-state index in [9.17, 15) is 14.0 Å². The Morgan fingerprint density at radius 2 is 1.79 bits per heavy atom. The Morgan fingerprint density at radius 3 is 2.32 bits per heavy atom. The zero-order valence-corrected chi connectivity index (χ0v) is 10.6. The minimum atomic E-state index is -0.307. The van der Waals surface area contributed by atoms with Crippen molar-refractivity contribution in [2.45, 2.75) is 19.3 Å². The van der Waals surface area contributed by atoms with Crippen LogP contribution >= 0.6 is 0 Å². The van der Waals surface area contributed by atoms with Crippen LogP contribution in [0.25, 0.3) is 0 Å². The number of amides is 2. The van der Waals surface area contributed by atoms with Crippen molar-refractivity contribution in [1.29, 1.82) is 0 Å². The van der Waals surface area contributed by atoms with E-state index in [1.54, 1.807) is 17.0 Å². The summed E-state index contributed by atoms with van der Waals surface area (Å²) in [6.07, 6.45) is 1.52. The number of hydrogen-bond acceptors (Lipinski definition) is 2. The minimum absolute atomic E-state index is 0.00882. The van der Waals surface area contributed by atoms with E-state index in [-0.39, 0.29) is 30.0 Å². The highest BCUT2D eigenvalue weighted by molar-refractivity contribution is 5.80. The molecule has 0 radical (unpaired) electrons. The quantitative estimate of drug-likeness (QED) is 0.888. The smallest absolute Gasteiger partial charge is 0.226 e. The van der Waals surface area contributed by atoms with Crippen LogP contribution in [0.3, 0.4) is 0 Å². The minimum Gasteiger partial charge on any atom is -0.369 e. The molecule has 0 saturated carbocycles. The van der Waals surface area contributed by atoms with Crippen molar-refractivity contribution >= 4 is 11.8 Å². The molecule has 0 bridgehead atoms. The van der Waals surface area contributed by atoms with Crippen molar-refractivity contribution in [3.8, 4) is 0 Å². The second-order valence-corrected chi connectivity index (χ2v) is 4.86. The first kappa shape index (κ1) is 13.5. The Morgan fingerprint density at radius 1 is 1.21 bits per heavy atom. The van der Waals surface area contributed by atoms with Gasteiger partial charge in [-0.25, -0.2) is 4.39 Å². The van der Waals surface area contributed by atoms with Gasteiger partial charge in [-0.05, 0) is 30.5 Å². The van der Waals surface area contributed by atoms with Crippen LogP contribution in [0.1, 0.15) is 18.4 Å². The first-order chi connectivity index (χ1) is 9.06. The second-order valence-electron chi connectivity index (χ2n) is 4.86. The average Bonchev–Trinajstić information content (AvgIpc) is 2.41. The summed E-state index contributed by atoms with van der Waals surface area (Å²) in [6.45, 7) is 1.13. The zero-order chi connectivity index (χ0) is 13.8. The average molecular weight is 264 g/mol. The number of nitrogens with two attached hydrogens (primary N) is 1. The van der Waals surface area contributed by atoms with Gasteiger partial charge >= 0.3 is 0 Å². The second kappa shape index (κ2) is 5.82. The zero-order valence-electron chi connectivity index (χ0n) is 10.6. The molecule has 4 nitrogen and oxygen atoms in total. The molecule has 1 saturated heterocycles. The highest BCUT2D eigenvalue weighted by Crippen LogP contribution is 2.17. The first-order valence-corrected chi connectivity index (χ1v) is 6.38. The summed E-state index contributed by atoms with van der Waals surface area (Å²) in [4.78, 5) is 24.8. The van der Waals surface area contributed by atoms with Gasteiger partial charge in [-0.1, -0.05) is 12.1 Å². The highest BCUT2D eigenvalue weighted by atomic mass is 19.1. The lowest BCUT2D eigenvalue weighted by Crippen LogP contribution is -2.42. The molecule has 1 aliphatic rings. The van der Waals surface area contributed by atoms with E-state index in [1.807, 2.05) is 0 Å². The number of piperidine rings is 1. The number of nitrogens with zero attached hydrogens (tertiary/aromatic N) is 1. The van der Waals surface area contributed by atoms with Gasteiger partial charge in [0.25, 0.3) is 0 Å². The summed E-state index contributed by atoms with van der Waals surface area (Å²) in [7, 11) is 0. The molecule has 0 aromatic heterocycles. The van der Waals surface area contributed by atoms with Crippen LogP contribution in [0.15, 0.2) is 24.3 Å². The van der Waals surface area contributed by atoms with Gasteiger partial charge in [0.2, 0.25) is 11.8 Å². The number of carbonyl (C=O) groups excluding carboxylic acids is 2. The van der Waals surface area contributed by atoms with Gasteiger partial charge in [-0.15, -0.1) is 0 Å². The van der Waals surface area contributed by atoms with Gasteiger partial charge in [-0.3, -0.25) is 9.59 Å². The molecular formula is C14H17FN2O2. The Bertz CT molecular complexity index is 465. The number of benzene rings is 1. The maximum absolute atomic E-state index is 12.8. The molecular weight excluding hydrogens is 247 g/mol. The molecule has 1 fully saturated rings. The number of halogens is 1. The number of carbonyl (C=O) groups is 2. The van der Waals surface area contributed by atoms with Gasteiger partial charge < -0.3 is 10.6 Å². The monoisotopic (exact) mass is 264 g/mol. The fraction of sp³-hybridized carbons (Fsp3) is 0.429. The van der Waals surface area contributed by atoms with E-state index in [2.05, 4.69) is 0 Å². The molecule has 0 aliphatic carbocycles. The van der Waals surface area contributed by atoms with Crippen LogP contribution < -0.4 is 5.73 Å². The lowest BCUT2D eigenvalue weighted by atomic mass is 9.96. The Balaban J connectivity index is 1.88. The van der Waals surface area contributed by atoms with E-state index >= 15 is 0 Å². The summed E-state index contributed by atoms with van der Waals surface area (Å²) in [6, 6.07) is 5.93. The standard InChI is InChI=1S/C14H17FN2O2/c15-12-3-1-10(2-4-12)9-13(18)17-7-5-11(6-8-17)14(16)19/h1-4,11H,5-9H2,(H2,16,19). The Labute approximate surface area is 111 Å². The fourth-order valence-electron chi connectivity index (χ4n) is 2.30. The third kappa shape index (κ3) is 3.53. The van der Waals surface area contributed by atoms with Crippen LogP contribution in [0, 0.1) is 11.7 Å². The summed E-state index contributed by atoms with van der Waals surface area (Å²) < 4.78 is 12.8. The number of hydrogen-bond donors (Lipinski definition) is 1. The van der Waals surface area contributed by atoms with Crippen molar-refractivity contribution in [2.24, 2.45) is 11.7 Å². The molecule has 1 aliphatic heterocycles. The van der Waals surface area contributed by atoms with Crippen molar-refractivity contribution in [3.63, 3.8) is 0 Å². The van der Waals surface area contributed by atoms with Crippen LogP contribution in [-0.2, 0) is 16.0 Å². The predicted octanol–water partition coefficient (Wildman–Crippen LogP) is 1.09. The molecule has 2 amide bonds. The summed E-state index contributed by atoms with van der Waals surface area (Å²) in [5, 5.41) is 0. The molecule has 0 atom stereocenters. The van der Waals surface area contributed by atoms with E-state index in [1.165, 1.54) is 12.1 Å². The highest BCUT2D eigenvalue weighted by Gasteiger charge is 2.25. The molecule has 0 spiro atoms.